The van der Waals surface area contributed by atoms with Crippen molar-refractivity contribution in [2.24, 2.45) is 5.92 Å². The summed E-state index contributed by atoms with van der Waals surface area (Å²) in [6, 6.07) is 10.2. The van der Waals surface area contributed by atoms with Crippen LogP contribution in [-0.4, -0.2) is 82.6 Å². The molecular formula is C26H36N6O3. The number of hydrogen-bond acceptors (Lipinski definition) is 7. The number of aromatic nitrogens is 2. The first-order valence-electron chi connectivity index (χ1n) is 12.4. The number of carbonyl (C=O) groups is 2. The first-order chi connectivity index (χ1) is 16.9. The molecule has 2 amide bonds. The lowest BCUT2D eigenvalue weighted by Crippen LogP contribution is -2.42. The zero-order valence-corrected chi connectivity index (χ0v) is 20.6. The Bertz CT molecular complexity index is 1020. The summed E-state index contributed by atoms with van der Waals surface area (Å²) in [7, 11) is 3.60. The quantitative estimate of drug-likeness (QED) is 0.527. The molecule has 0 unspecified atom stereocenters. The van der Waals surface area contributed by atoms with Crippen LogP contribution in [0.2, 0.25) is 0 Å². The van der Waals surface area contributed by atoms with E-state index in [-0.39, 0.29) is 36.0 Å². The Balaban J connectivity index is 1.22. The Kier molecular flexibility index (Phi) is 8.30. The van der Waals surface area contributed by atoms with E-state index in [9.17, 15) is 14.7 Å². The van der Waals surface area contributed by atoms with E-state index in [4.69, 9.17) is 0 Å². The standard InChI is InChI=1S/C26H36N6O3/c1-31(2)26(35)19-7-9-21(10-8-19)30-24-13-23(28-17-29-24)25(34)27-14-22(33)16-32-12-11-18-5-3-4-6-20(18)15-32/h3-6,13,17,19,21-22,33H,7-12,14-16H2,1-2H3,(H,27,34)(H,28,29,30)/t19-,21-,22-/m0/s1. The summed E-state index contributed by atoms with van der Waals surface area (Å²) >= 11 is 0. The number of anilines is 1. The fourth-order valence-electron chi connectivity index (χ4n) is 4.99. The molecule has 0 spiro atoms. The molecule has 1 aromatic heterocycles. The zero-order valence-electron chi connectivity index (χ0n) is 20.6. The normalized spacial score (nSPS) is 21.0. The second-order valence-electron chi connectivity index (χ2n) is 9.83. The topological polar surface area (TPSA) is 111 Å². The number of amides is 2. The van der Waals surface area contributed by atoms with Crippen molar-refractivity contribution in [3.8, 4) is 0 Å². The van der Waals surface area contributed by atoms with Crippen LogP contribution in [-0.2, 0) is 17.8 Å². The lowest BCUT2D eigenvalue weighted by molar-refractivity contribution is -0.133. The van der Waals surface area contributed by atoms with Crippen molar-refractivity contribution in [2.45, 2.75) is 50.8 Å². The summed E-state index contributed by atoms with van der Waals surface area (Å²) in [6.07, 6.45) is 5.12. The fraction of sp³-hybridized carbons (Fsp3) is 0.538. The second-order valence-corrected chi connectivity index (χ2v) is 9.83. The average molecular weight is 481 g/mol. The number of rotatable bonds is 8. The van der Waals surface area contributed by atoms with E-state index in [1.54, 1.807) is 25.1 Å². The van der Waals surface area contributed by atoms with Crippen LogP contribution in [0.3, 0.4) is 0 Å². The van der Waals surface area contributed by atoms with E-state index in [1.807, 2.05) is 6.07 Å². The Morgan fingerprint density at radius 3 is 2.63 bits per heavy atom. The predicted octanol–water partition coefficient (Wildman–Crippen LogP) is 1.68. The molecule has 2 aliphatic rings. The van der Waals surface area contributed by atoms with Crippen molar-refractivity contribution in [1.82, 2.24) is 25.1 Å². The Morgan fingerprint density at radius 1 is 1.14 bits per heavy atom. The van der Waals surface area contributed by atoms with Gasteiger partial charge in [-0.2, -0.15) is 0 Å². The summed E-state index contributed by atoms with van der Waals surface area (Å²) in [6.45, 7) is 2.37. The van der Waals surface area contributed by atoms with Crippen LogP contribution in [0.1, 0.15) is 47.3 Å². The van der Waals surface area contributed by atoms with E-state index < -0.39 is 6.10 Å². The molecule has 1 aliphatic heterocycles. The van der Waals surface area contributed by atoms with Crippen molar-refractivity contribution in [1.29, 1.82) is 0 Å². The molecule has 9 heteroatoms. The van der Waals surface area contributed by atoms with E-state index in [0.717, 1.165) is 45.2 Å². The van der Waals surface area contributed by atoms with Gasteiger partial charge in [-0.15, -0.1) is 0 Å². The van der Waals surface area contributed by atoms with Crippen molar-refractivity contribution >= 4 is 17.6 Å². The monoisotopic (exact) mass is 480 g/mol. The van der Waals surface area contributed by atoms with Gasteiger partial charge in [0.15, 0.2) is 0 Å². The highest BCUT2D eigenvalue weighted by molar-refractivity contribution is 5.92. The highest BCUT2D eigenvalue weighted by Gasteiger charge is 2.27. The van der Waals surface area contributed by atoms with Crippen LogP contribution in [0, 0.1) is 5.92 Å². The highest BCUT2D eigenvalue weighted by atomic mass is 16.3. The molecule has 2 aromatic rings. The van der Waals surface area contributed by atoms with Crippen LogP contribution in [0.5, 0.6) is 0 Å². The molecule has 0 bridgehead atoms. The smallest absolute Gasteiger partial charge is 0.270 e. The van der Waals surface area contributed by atoms with Gasteiger partial charge in [0.1, 0.15) is 17.8 Å². The van der Waals surface area contributed by atoms with Gasteiger partial charge in [0.2, 0.25) is 5.91 Å². The minimum absolute atomic E-state index is 0.0842. The third-order valence-corrected chi connectivity index (χ3v) is 6.95. The van der Waals surface area contributed by atoms with E-state index in [1.165, 1.54) is 17.5 Å². The second kappa shape index (κ2) is 11.6. The molecular weight excluding hydrogens is 444 g/mol. The molecule has 3 N–H and O–H groups in total. The number of aliphatic hydroxyl groups is 1. The highest BCUT2D eigenvalue weighted by Crippen LogP contribution is 2.27. The molecule has 1 aromatic carbocycles. The zero-order chi connectivity index (χ0) is 24.8. The summed E-state index contributed by atoms with van der Waals surface area (Å²) < 4.78 is 0. The van der Waals surface area contributed by atoms with Gasteiger partial charge in [-0.3, -0.25) is 14.5 Å². The molecule has 1 saturated carbocycles. The van der Waals surface area contributed by atoms with Gasteiger partial charge in [-0.05, 0) is 43.2 Å². The minimum Gasteiger partial charge on any atom is -0.390 e. The molecule has 0 radical (unpaired) electrons. The van der Waals surface area contributed by atoms with Gasteiger partial charge in [0.05, 0.1) is 6.10 Å². The molecule has 35 heavy (non-hydrogen) atoms. The molecule has 4 rings (SSSR count). The molecule has 1 aliphatic carbocycles. The molecule has 2 heterocycles. The molecule has 188 valence electrons. The molecule has 1 fully saturated rings. The third-order valence-electron chi connectivity index (χ3n) is 6.95. The number of nitrogens with zero attached hydrogens (tertiary/aromatic N) is 4. The summed E-state index contributed by atoms with van der Waals surface area (Å²) in [4.78, 5) is 37.0. The van der Waals surface area contributed by atoms with Crippen LogP contribution in [0.4, 0.5) is 5.82 Å². The van der Waals surface area contributed by atoms with Crippen molar-refractivity contribution in [2.75, 3.05) is 39.0 Å². The van der Waals surface area contributed by atoms with Crippen LogP contribution < -0.4 is 10.6 Å². The van der Waals surface area contributed by atoms with Crippen molar-refractivity contribution in [3.05, 3.63) is 53.5 Å². The fourth-order valence-corrected chi connectivity index (χ4v) is 4.99. The first kappa shape index (κ1) is 25.1. The molecule has 9 nitrogen and oxygen atoms in total. The van der Waals surface area contributed by atoms with Gasteiger partial charge >= 0.3 is 0 Å². The SMILES string of the molecule is CN(C)C(=O)[C@H]1CC[C@H](Nc2cc(C(=O)NC[C@H](O)CN3CCc4ccccc4C3)ncn2)CC1. The number of fused-ring (bicyclic) bond motifs is 1. The minimum atomic E-state index is -0.663. The Labute approximate surface area is 206 Å². The number of β-amino-alcohol motifs (C(OH)–C–C–N with tert-alkyl or cyclic N) is 1. The molecule has 0 saturated heterocycles. The summed E-state index contributed by atoms with van der Waals surface area (Å²) in [5, 5.41) is 16.7. The molecule has 1 atom stereocenters. The first-order valence-corrected chi connectivity index (χ1v) is 12.4. The summed E-state index contributed by atoms with van der Waals surface area (Å²) in [5.41, 5.74) is 2.93. The maximum atomic E-state index is 12.6. The van der Waals surface area contributed by atoms with Gasteiger partial charge in [-0.25, -0.2) is 9.97 Å². The van der Waals surface area contributed by atoms with Gasteiger partial charge in [0.25, 0.3) is 5.91 Å². The Hall–Kier alpha value is -3.04. The maximum Gasteiger partial charge on any atom is 0.270 e. The third kappa shape index (κ3) is 6.76. The van der Waals surface area contributed by atoms with Crippen LogP contribution in [0.25, 0.3) is 0 Å². The Morgan fingerprint density at radius 2 is 1.89 bits per heavy atom. The number of nitrogens with one attached hydrogen (secondary N) is 2. The largest absolute Gasteiger partial charge is 0.390 e. The average Bonchev–Trinajstić information content (AvgIpc) is 2.87. The predicted molar refractivity (Wildman–Crippen MR) is 134 cm³/mol. The number of aliphatic hydroxyl groups excluding tert-OH is 1. The summed E-state index contributed by atoms with van der Waals surface area (Å²) in [5.74, 6) is 0.538. The number of hydrogen-bond donors (Lipinski definition) is 3. The van der Waals surface area contributed by atoms with E-state index >= 15 is 0 Å². The van der Waals surface area contributed by atoms with Gasteiger partial charge in [-0.1, -0.05) is 24.3 Å². The number of carbonyl (C=O) groups excluding carboxylic acids is 2. The maximum absolute atomic E-state index is 12.6. The lowest BCUT2D eigenvalue weighted by Gasteiger charge is -2.30. The van der Waals surface area contributed by atoms with Crippen LogP contribution >= 0.6 is 0 Å². The van der Waals surface area contributed by atoms with Crippen molar-refractivity contribution in [3.63, 3.8) is 0 Å². The van der Waals surface area contributed by atoms with Gasteiger partial charge < -0.3 is 20.6 Å². The van der Waals surface area contributed by atoms with Crippen LogP contribution in [0.15, 0.2) is 36.7 Å². The lowest BCUT2D eigenvalue weighted by atomic mass is 9.85. The van der Waals surface area contributed by atoms with Gasteiger partial charge in [0, 0.05) is 58.3 Å². The van der Waals surface area contributed by atoms with E-state index in [2.05, 4.69) is 43.7 Å². The van der Waals surface area contributed by atoms with Crippen molar-refractivity contribution < 1.29 is 14.7 Å². The van der Waals surface area contributed by atoms with E-state index in [0.29, 0.717) is 12.4 Å². The number of benzene rings is 1.